The van der Waals surface area contributed by atoms with Gasteiger partial charge in [0.25, 0.3) is 5.91 Å². The van der Waals surface area contributed by atoms with Crippen LogP contribution in [0.15, 0.2) is 71.1 Å². The Bertz CT molecular complexity index is 1130. The van der Waals surface area contributed by atoms with Crippen LogP contribution in [-0.4, -0.2) is 13.0 Å². The van der Waals surface area contributed by atoms with Crippen molar-refractivity contribution < 1.29 is 13.6 Å². The van der Waals surface area contributed by atoms with E-state index < -0.39 is 0 Å². The van der Waals surface area contributed by atoms with Crippen molar-refractivity contribution in [2.75, 3.05) is 7.05 Å². The molecule has 0 atom stereocenters. The molecule has 3 aromatic carbocycles. The number of aryl methyl sites for hydroxylation is 1. The molecule has 0 spiro atoms. The van der Waals surface area contributed by atoms with E-state index in [4.69, 9.17) is 4.42 Å². The molecule has 1 aromatic heterocycles. The molecule has 0 saturated carbocycles. The van der Waals surface area contributed by atoms with Crippen LogP contribution in [0.3, 0.4) is 0 Å². The Balaban J connectivity index is 2.00. The van der Waals surface area contributed by atoms with E-state index in [0.717, 1.165) is 22.1 Å². The third-order valence-electron chi connectivity index (χ3n) is 4.68. The zero-order valence-corrected chi connectivity index (χ0v) is 15.0. The molecule has 1 amide bonds. The molecule has 27 heavy (non-hydrogen) atoms. The third kappa shape index (κ3) is 2.99. The fourth-order valence-electron chi connectivity index (χ4n) is 3.33. The fraction of sp³-hybridized carbons (Fsp3) is 0.0870. The summed E-state index contributed by atoms with van der Waals surface area (Å²) in [5, 5.41) is 3.42. The summed E-state index contributed by atoms with van der Waals surface area (Å²) < 4.78 is 19.4. The minimum Gasteiger partial charge on any atom is -0.455 e. The van der Waals surface area contributed by atoms with Gasteiger partial charge >= 0.3 is 0 Å². The molecule has 0 bridgehead atoms. The van der Waals surface area contributed by atoms with Crippen molar-refractivity contribution in [3.63, 3.8) is 0 Å². The lowest BCUT2D eigenvalue weighted by Gasteiger charge is -2.07. The van der Waals surface area contributed by atoms with E-state index in [2.05, 4.69) is 5.32 Å². The first-order valence-electron chi connectivity index (χ1n) is 8.69. The predicted molar refractivity (Wildman–Crippen MR) is 105 cm³/mol. The third-order valence-corrected chi connectivity index (χ3v) is 4.68. The molecule has 0 fully saturated rings. The summed E-state index contributed by atoms with van der Waals surface area (Å²) in [5.74, 6) is -0.136. The SMILES string of the molecule is CNC(=O)c1c(-c2ccc(F)cc2)oc2cc(C)c(-c3ccccc3)cc12. The molecule has 1 heterocycles. The number of furan rings is 1. The molecule has 4 aromatic rings. The molecule has 1 N–H and O–H groups in total. The second-order valence-electron chi connectivity index (χ2n) is 6.42. The average molecular weight is 359 g/mol. The number of benzene rings is 3. The normalized spacial score (nSPS) is 10.9. The van der Waals surface area contributed by atoms with Crippen LogP contribution in [0, 0.1) is 12.7 Å². The van der Waals surface area contributed by atoms with Crippen molar-refractivity contribution in [3.05, 3.63) is 83.7 Å². The lowest BCUT2D eigenvalue weighted by molar-refractivity contribution is 0.0964. The van der Waals surface area contributed by atoms with Crippen LogP contribution in [0.25, 0.3) is 33.4 Å². The van der Waals surface area contributed by atoms with E-state index in [1.807, 2.05) is 49.4 Å². The molecule has 0 radical (unpaired) electrons. The van der Waals surface area contributed by atoms with Gasteiger partial charge < -0.3 is 9.73 Å². The van der Waals surface area contributed by atoms with Crippen LogP contribution < -0.4 is 5.32 Å². The number of carbonyl (C=O) groups is 1. The number of hydrogen-bond donors (Lipinski definition) is 1. The predicted octanol–water partition coefficient (Wildman–Crippen LogP) is 5.57. The summed E-state index contributed by atoms with van der Waals surface area (Å²) in [6.45, 7) is 2.02. The molecule has 3 nitrogen and oxygen atoms in total. The lowest BCUT2D eigenvalue weighted by atomic mass is 9.96. The summed E-state index contributed by atoms with van der Waals surface area (Å²) in [6, 6.07) is 19.9. The first-order chi connectivity index (χ1) is 13.1. The van der Waals surface area contributed by atoms with E-state index in [-0.39, 0.29) is 11.7 Å². The minimum absolute atomic E-state index is 0.240. The molecular weight excluding hydrogens is 341 g/mol. The smallest absolute Gasteiger partial charge is 0.255 e. The highest BCUT2D eigenvalue weighted by Crippen LogP contribution is 2.37. The van der Waals surface area contributed by atoms with Gasteiger partial charge in [0.1, 0.15) is 17.2 Å². The molecule has 4 heteroatoms. The Labute approximate surface area is 156 Å². The Morgan fingerprint density at radius 3 is 2.33 bits per heavy atom. The maximum atomic E-state index is 13.3. The first kappa shape index (κ1) is 17.0. The Morgan fingerprint density at radius 2 is 1.67 bits per heavy atom. The molecule has 0 aliphatic rings. The largest absolute Gasteiger partial charge is 0.455 e. The zero-order valence-electron chi connectivity index (χ0n) is 15.0. The number of halogens is 1. The summed E-state index contributed by atoms with van der Waals surface area (Å²) in [5.41, 5.74) is 4.91. The number of rotatable bonds is 3. The maximum absolute atomic E-state index is 13.3. The summed E-state index contributed by atoms with van der Waals surface area (Å²) in [4.78, 5) is 12.6. The number of nitrogens with one attached hydrogen (secondary N) is 1. The molecule has 0 saturated heterocycles. The first-order valence-corrected chi connectivity index (χ1v) is 8.69. The summed E-state index contributed by atoms with van der Waals surface area (Å²) in [6.07, 6.45) is 0. The molecule has 0 aliphatic carbocycles. The van der Waals surface area contributed by atoms with E-state index in [9.17, 15) is 9.18 Å². The van der Waals surface area contributed by atoms with Crippen molar-refractivity contribution in [2.45, 2.75) is 6.92 Å². The van der Waals surface area contributed by atoms with E-state index in [1.165, 1.54) is 12.1 Å². The highest BCUT2D eigenvalue weighted by atomic mass is 19.1. The standard InChI is InChI=1S/C23H18FNO2/c1-14-12-20-19(13-18(14)15-6-4-3-5-7-15)21(23(26)25-2)22(27-20)16-8-10-17(24)11-9-16/h3-13H,1-2H3,(H,25,26). The van der Waals surface area contributed by atoms with Crippen LogP contribution in [-0.2, 0) is 0 Å². The minimum atomic E-state index is -0.335. The van der Waals surface area contributed by atoms with Gasteiger partial charge in [-0.3, -0.25) is 4.79 Å². The monoisotopic (exact) mass is 359 g/mol. The van der Waals surface area contributed by atoms with E-state index in [0.29, 0.717) is 22.5 Å². The van der Waals surface area contributed by atoms with Gasteiger partial charge in [-0.25, -0.2) is 4.39 Å². The molecular formula is C23H18FNO2. The van der Waals surface area contributed by atoms with Gasteiger partial charge in [-0.15, -0.1) is 0 Å². The maximum Gasteiger partial charge on any atom is 0.255 e. The second-order valence-corrected chi connectivity index (χ2v) is 6.42. The van der Waals surface area contributed by atoms with Crippen molar-refractivity contribution in [1.82, 2.24) is 5.32 Å². The van der Waals surface area contributed by atoms with Gasteiger partial charge in [0.05, 0.1) is 5.56 Å². The zero-order chi connectivity index (χ0) is 19.0. The van der Waals surface area contributed by atoms with Crippen molar-refractivity contribution in [3.8, 4) is 22.5 Å². The number of amides is 1. The van der Waals surface area contributed by atoms with Crippen LogP contribution in [0.2, 0.25) is 0 Å². The van der Waals surface area contributed by atoms with Gasteiger partial charge in [0.2, 0.25) is 0 Å². The average Bonchev–Trinajstić information content (AvgIpc) is 3.06. The molecule has 134 valence electrons. The van der Waals surface area contributed by atoms with Crippen molar-refractivity contribution in [2.24, 2.45) is 0 Å². The van der Waals surface area contributed by atoms with E-state index in [1.54, 1.807) is 19.2 Å². The van der Waals surface area contributed by atoms with Gasteiger partial charge in [-0.1, -0.05) is 30.3 Å². The van der Waals surface area contributed by atoms with Crippen LogP contribution in [0.1, 0.15) is 15.9 Å². The van der Waals surface area contributed by atoms with Gasteiger partial charge in [0, 0.05) is 18.0 Å². The molecule has 0 aliphatic heterocycles. The van der Waals surface area contributed by atoms with Gasteiger partial charge in [0.15, 0.2) is 0 Å². The topological polar surface area (TPSA) is 42.2 Å². The van der Waals surface area contributed by atoms with Gasteiger partial charge in [-0.2, -0.15) is 0 Å². The lowest BCUT2D eigenvalue weighted by Crippen LogP contribution is -2.18. The number of carbonyl (C=O) groups excluding carboxylic acids is 1. The summed E-state index contributed by atoms with van der Waals surface area (Å²) in [7, 11) is 1.59. The fourth-order valence-corrected chi connectivity index (χ4v) is 3.33. The van der Waals surface area contributed by atoms with Gasteiger partial charge in [-0.05, 0) is 60.0 Å². The number of fused-ring (bicyclic) bond motifs is 1. The van der Waals surface area contributed by atoms with Crippen LogP contribution in [0.5, 0.6) is 0 Å². The Hall–Kier alpha value is -3.40. The van der Waals surface area contributed by atoms with Crippen LogP contribution in [0.4, 0.5) is 4.39 Å². The van der Waals surface area contributed by atoms with Crippen LogP contribution >= 0.6 is 0 Å². The Kier molecular flexibility index (Phi) is 4.24. The van der Waals surface area contributed by atoms with Crippen molar-refractivity contribution in [1.29, 1.82) is 0 Å². The molecule has 4 rings (SSSR count). The molecule has 0 unspecified atom stereocenters. The van der Waals surface area contributed by atoms with Crippen molar-refractivity contribution >= 4 is 16.9 Å². The second kappa shape index (κ2) is 6.72. The highest BCUT2D eigenvalue weighted by molar-refractivity contribution is 6.12. The quantitative estimate of drug-likeness (QED) is 0.519. The Morgan fingerprint density at radius 1 is 0.963 bits per heavy atom. The van der Waals surface area contributed by atoms with E-state index >= 15 is 0 Å². The number of hydrogen-bond acceptors (Lipinski definition) is 2. The highest BCUT2D eigenvalue weighted by Gasteiger charge is 2.22. The summed E-state index contributed by atoms with van der Waals surface area (Å²) >= 11 is 0.